The van der Waals surface area contributed by atoms with Gasteiger partial charge in [0, 0.05) is 13.8 Å². The van der Waals surface area contributed by atoms with Crippen molar-refractivity contribution in [2.24, 2.45) is 0 Å². The number of carboxylic acids is 2. The van der Waals surface area contributed by atoms with Crippen molar-refractivity contribution in [2.75, 3.05) is 13.2 Å². The van der Waals surface area contributed by atoms with E-state index in [0.29, 0.717) is 5.56 Å². The van der Waals surface area contributed by atoms with Crippen LogP contribution in [0, 0.1) is 6.92 Å². The van der Waals surface area contributed by atoms with Crippen LogP contribution in [0.5, 0.6) is 5.75 Å². The van der Waals surface area contributed by atoms with Crippen LogP contribution < -0.4 is 15.4 Å². The van der Waals surface area contributed by atoms with Crippen molar-refractivity contribution in [2.45, 2.75) is 143 Å². The Morgan fingerprint density at radius 1 is 0.500 bits per heavy atom. The summed E-state index contributed by atoms with van der Waals surface area (Å²) in [6, 6.07) is 1.28. The minimum absolute atomic E-state index is 0.140. The molecule has 13 N–H and O–H groups in total. The van der Waals surface area contributed by atoms with Crippen LogP contribution >= 0.6 is 0 Å². The topological polar surface area (TPSA) is 562 Å². The summed E-state index contributed by atoms with van der Waals surface area (Å²) >= 11 is 0. The maximum absolute atomic E-state index is 12.8. The molecule has 20 atom stereocenters. The Kier molecular flexibility index (Phi) is 20.6. The highest BCUT2D eigenvalue weighted by atomic mass is 32.3. The van der Waals surface area contributed by atoms with Gasteiger partial charge in [0.1, 0.15) is 78.9 Å². The maximum Gasteiger partial charge on any atom is 0.397 e. The number of hydrogen-bond donors (Lipinski definition) is 13. The Morgan fingerprint density at radius 2 is 0.895 bits per heavy atom. The first kappa shape index (κ1) is 62.7. The average Bonchev–Trinajstić information content (AvgIpc) is 3.27. The van der Waals surface area contributed by atoms with Crippen molar-refractivity contribution < 1.29 is 161 Å². The first-order chi connectivity index (χ1) is 34.9. The molecule has 37 nitrogen and oxygen atoms in total. The van der Waals surface area contributed by atoms with Crippen molar-refractivity contribution >= 4 is 65.3 Å². The summed E-state index contributed by atoms with van der Waals surface area (Å²) in [6.07, 6.45) is -45.2. The second-order valence-electron chi connectivity index (χ2n) is 16.7. The Balaban J connectivity index is 1.53. The number of aliphatic carboxylic acids is 2. The summed E-state index contributed by atoms with van der Waals surface area (Å²) in [5.41, 5.74) is 0.675. The predicted octanol–water partition coefficient (Wildman–Crippen LogP) is -7.57. The predicted molar refractivity (Wildman–Crippen MR) is 229 cm³/mol. The molecular formula is C35H50N2O35S4. The second kappa shape index (κ2) is 24.9. The zero-order valence-corrected chi connectivity index (χ0v) is 41.9. The summed E-state index contributed by atoms with van der Waals surface area (Å²) in [6.45, 7) is 0.375. The molecule has 2 amide bonds. The Labute approximate surface area is 428 Å². The molecule has 4 saturated heterocycles. The number of aliphatic hydroxyl groups is 5. The molecule has 76 heavy (non-hydrogen) atoms. The SMILES string of the molecule is CC(=O)NC1C(O[C@@H]2C(C(=O)O)O[C@@H](O[C@@H]3C(COS(=O)(=O)O)O[C@@H](O[C@@H]4C(C(=O)O)O[C@@H](Oc5ccc(C)cc5)C(OS(=O)(=O)O)[C@H]4O)C(NC(C)=O)[C@H]3O)C(OS(=O)(=O)O)[C@H]2O)OC(COS(=O)(=O)O)[C@@H](O)[C@@H]1O. The number of carbonyl (C=O) groups excluding carboxylic acids is 2. The van der Waals surface area contributed by atoms with Crippen LogP contribution in [0.25, 0.3) is 0 Å². The van der Waals surface area contributed by atoms with E-state index in [1.54, 1.807) is 6.92 Å². The summed E-state index contributed by atoms with van der Waals surface area (Å²) in [5.74, 6) is -6.50. The van der Waals surface area contributed by atoms with E-state index in [-0.39, 0.29) is 5.75 Å². The summed E-state index contributed by atoms with van der Waals surface area (Å²) in [4.78, 5) is 50.3. The van der Waals surface area contributed by atoms with Gasteiger partial charge in [0.05, 0.1) is 13.2 Å². The number of amides is 2. The standard InChI is InChI=1S/C35H50N2O35S4/c1-10-4-6-13(7-5-10)63-34-26(71-75(55,56)57)21(43)24(28(69-34)30(45)46)68-33-17(37-12(3)39)20(42)23(15(65-33)9-62-74(52,53)54)66-35-27(72-76(58,59)60)22(44)25(29(70-35)31(47)48)67-32-16(36-11(2)38)19(41)18(40)14(64-32)8-61-73(49,50)51/h4-7,14-29,32-35,40-44H,8-9H2,1-3H3,(H,36,38)(H,37,39)(H,45,46)(H,47,48)(H,49,50,51)(H,52,53,54)(H,55,56,57)(H,58,59,60)/t14?,15?,16?,17?,18-,19-,20-,21+,22+,23-,24+,25+,26?,27?,28?,29?,32?,33+,34-,35-/m1/s1. The lowest BCUT2D eigenvalue weighted by atomic mass is 9.94. The summed E-state index contributed by atoms with van der Waals surface area (Å²) < 4.78 is 195. The van der Waals surface area contributed by atoms with Crippen molar-refractivity contribution in [3.05, 3.63) is 29.8 Å². The van der Waals surface area contributed by atoms with Crippen molar-refractivity contribution in [1.82, 2.24) is 10.6 Å². The van der Waals surface area contributed by atoms with Crippen LogP contribution in [-0.2, 0) is 111 Å². The first-order valence-corrected chi connectivity index (χ1v) is 26.7. The first-order valence-electron chi connectivity index (χ1n) is 21.2. The van der Waals surface area contributed by atoms with Gasteiger partial charge in [0.2, 0.25) is 18.1 Å². The molecule has 0 aliphatic carbocycles. The molecule has 0 saturated carbocycles. The average molecular weight is 1190 g/mol. The normalized spacial score (nSPS) is 36.6. The lowest BCUT2D eigenvalue weighted by Gasteiger charge is -2.50. The van der Waals surface area contributed by atoms with Crippen LogP contribution in [0.4, 0.5) is 0 Å². The highest BCUT2D eigenvalue weighted by molar-refractivity contribution is 7.81. The fraction of sp³-hybridized carbons (Fsp3) is 0.714. The zero-order valence-electron chi connectivity index (χ0n) is 38.6. The maximum atomic E-state index is 12.8. The molecular weight excluding hydrogens is 1140 g/mol. The largest absolute Gasteiger partial charge is 0.479 e. The van der Waals surface area contributed by atoms with E-state index < -0.39 is 201 Å². The number of aryl methyl sites for hydroxylation is 1. The highest BCUT2D eigenvalue weighted by Crippen LogP contribution is 2.37. The quantitative estimate of drug-likeness (QED) is 0.0480. The molecule has 4 heterocycles. The number of carboxylic acid groups (broad SMARTS) is 2. The molecule has 1 aromatic carbocycles. The van der Waals surface area contributed by atoms with E-state index in [1.807, 2.05) is 0 Å². The Bertz CT molecular complexity index is 2680. The third kappa shape index (κ3) is 17.0. The van der Waals surface area contributed by atoms with Gasteiger partial charge >= 0.3 is 53.5 Å². The highest BCUT2D eigenvalue weighted by Gasteiger charge is 2.59. The molecule has 41 heteroatoms. The van der Waals surface area contributed by atoms with Crippen LogP contribution in [0.2, 0.25) is 0 Å². The molecule has 4 aliphatic rings. The second-order valence-corrected chi connectivity index (χ2v) is 20.9. The van der Waals surface area contributed by atoms with E-state index in [2.05, 4.69) is 27.4 Å². The van der Waals surface area contributed by atoms with E-state index in [0.717, 1.165) is 13.8 Å². The van der Waals surface area contributed by atoms with Crippen molar-refractivity contribution in [3.63, 3.8) is 0 Å². The van der Waals surface area contributed by atoms with Gasteiger partial charge in [0.15, 0.2) is 43.3 Å². The van der Waals surface area contributed by atoms with Gasteiger partial charge in [-0.1, -0.05) is 17.7 Å². The Hall–Kier alpha value is -4.10. The molecule has 0 bridgehead atoms. The van der Waals surface area contributed by atoms with Crippen LogP contribution in [-0.4, -0.2) is 247 Å². The van der Waals surface area contributed by atoms with Gasteiger partial charge < -0.3 is 84.3 Å². The lowest BCUT2D eigenvalue weighted by Crippen LogP contribution is -2.71. The third-order valence-corrected chi connectivity index (χ3v) is 12.8. The number of hydrogen-bond acceptors (Lipinski definition) is 29. The molecule has 0 aromatic heterocycles. The Morgan fingerprint density at radius 3 is 1.32 bits per heavy atom. The zero-order chi connectivity index (χ0) is 57.2. The van der Waals surface area contributed by atoms with Gasteiger partial charge in [-0.3, -0.25) is 27.8 Å². The number of nitrogens with one attached hydrogen (secondary N) is 2. The monoisotopic (exact) mass is 1190 g/mol. The minimum atomic E-state index is -5.91. The van der Waals surface area contributed by atoms with Gasteiger partial charge in [-0.2, -0.15) is 33.7 Å². The molecule has 9 unspecified atom stereocenters. The van der Waals surface area contributed by atoms with E-state index in [4.69, 9.17) is 42.4 Å². The van der Waals surface area contributed by atoms with Crippen LogP contribution in [0.1, 0.15) is 19.4 Å². The number of ether oxygens (including phenoxy) is 8. The molecule has 4 fully saturated rings. The van der Waals surface area contributed by atoms with Gasteiger partial charge in [-0.05, 0) is 19.1 Å². The lowest BCUT2D eigenvalue weighted by molar-refractivity contribution is -0.366. The van der Waals surface area contributed by atoms with Crippen LogP contribution in [0.3, 0.4) is 0 Å². The van der Waals surface area contributed by atoms with Crippen LogP contribution in [0.15, 0.2) is 24.3 Å². The van der Waals surface area contributed by atoms with Crippen molar-refractivity contribution in [3.8, 4) is 5.75 Å². The molecule has 4 aliphatic heterocycles. The number of rotatable bonds is 22. The summed E-state index contributed by atoms with van der Waals surface area (Å²) in [7, 11) is -22.4. The molecule has 434 valence electrons. The molecule has 5 rings (SSSR count). The molecule has 1 aromatic rings. The fourth-order valence-corrected chi connectivity index (χ4v) is 9.45. The van der Waals surface area contributed by atoms with E-state index in [1.165, 1.54) is 24.3 Å². The third-order valence-electron chi connectivity index (χ3n) is 11.0. The van der Waals surface area contributed by atoms with Gasteiger partial charge in [-0.15, -0.1) is 0 Å². The number of carbonyl (C=O) groups is 4. The van der Waals surface area contributed by atoms with E-state index >= 15 is 0 Å². The minimum Gasteiger partial charge on any atom is -0.479 e. The van der Waals surface area contributed by atoms with E-state index in [9.17, 15) is 102 Å². The van der Waals surface area contributed by atoms with Crippen molar-refractivity contribution in [1.29, 1.82) is 0 Å². The summed E-state index contributed by atoms with van der Waals surface area (Å²) in [5, 5.41) is 81.2. The van der Waals surface area contributed by atoms with Gasteiger partial charge in [0.25, 0.3) is 0 Å². The molecule has 0 spiro atoms. The fourth-order valence-electron chi connectivity index (χ4n) is 7.87. The number of benzene rings is 1. The van der Waals surface area contributed by atoms with Gasteiger partial charge in [-0.25, -0.2) is 26.3 Å². The smallest absolute Gasteiger partial charge is 0.397 e. The molecule has 0 radical (unpaired) electrons. The number of aliphatic hydroxyl groups excluding tert-OH is 5.